The molecule has 0 spiro atoms. The van der Waals surface area contributed by atoms with Crippen molar-refractivity contribution in [2.45, 2.75) is 6.92 Å². The molecule has 15 heavy (non-hydrogen) atoms. The standard InChI is InChI=1S/C12H14O3/c1-9(10(2)12(13)14)8-15-11-6-4-3-5-7-11/h3-7,9H,2,8H2,1H3,(H,13,14). The lowest BCUT2D eigenvalue weighted by atomic mass is 10.0. The van der Waals surface area contributed by atoms with E-state index in [1.807, 2.05) is 30.3 Å². The van der Waals surface area contributed by atoms with Gasteiger partial charge in [0.05, 0.1) is 6.61 Å². The van der Waals surface area contributed by atoms with Crippen LogP contribution in [-0.4, -0.2) is 17.7 Å². The van der Waals surface area contributed by atoms with Gasteiger partial charge in [-0.05, 0) is 12.1 Å². The predicted octanol–water partition coefficient (Wildman–Crippen LogP) is 2.34. The minimum Gasteiger partial charge on any atom is -0.493 e. The highest BCUT2D eigenvalue weighted by Crippen LogP contribution is 2.13. The maximum atomic E-state index is 10.6. The Morgan fingerprint density at radius 2 is 2.07 bits per heavy atom. The maximum Gasteiger partial charge on any atom is 0.331 e. The fourth-order valence-electron chi connectivity index (χ4n) is 1.05. The van der Waals surface area contributed by atoms with Gasteiger partial charge in [-0.1, -0.05) is 31.7 Å². The molecule has 0 saturated heterocycles. The van der Waals surface area contributed by atoms with Crippen molar-refractivity contribution in [1.29, 1.82) is 0 Å². The first-order valence-electron chi connectivity index (χ1n) is 4.71. The number of carboxylic acids is 1. The topological polar surface area (TPSA) is 46.5 Å². The van der Waals surface area contributed by atoms with Crippen LogP contribution in [0.3, 0.4) is 0 Å². The number of hydrogen-bond donors (Lipinski definition) is 1. The van der Waals surface area contributed by atoms with Crippen molar-refractivity contribution in [3.8, 4) is 5.75 Å². The van der Waals surface area contributed by atoms with Crippen molar-refractivity contribution in [3.05, 3.63) is 42.5 Å². The average molecular weight is 206 g/mol. The molecule has 1 aromatic carbocycles. The summed E-state index contributed by atoms with van der Waals surface area (Å²) in [5.41, 5.74) is 0.172. The Kier molecular flexibility index (Phi) is 3.92. The van der Waals surface area contributed by atoms with Gasteiger partial charge in [-0.15, -0.1) is 0 Å². The Hall–Kier alpha value is -1.77. The molecule has 0 radical (unpaired) electrons. The second kappa shape index (κ2) is 5.20. The molecular weight excluding hydrogens is 192 g/mol. The molecule has 0 aromatic heterocycles. The van der Waals surface area contributed by atoms with Crippen LogP contribution in [0.2, 0.25) is 0 Å². The van der Waals surface area contributed by atoms with Crippen LogP contribution in [0.15, 0.2) is 42.5 Å². The van der Waals surface area contributed by atoms with E-state index in [0.29, 0.717) is 6.61 Å². The minimum absolute atomic E-state index is 0.172. The normalized spacial score (nSPS) is 11.8. The van der Waals surface area contributed by atoms with Crippen LogP contribution in [0.4, 0.5) is 0 Å². The summed E-state index contributed by atoms with van der Waals surface area (Å²) in [4.78, 5) is 10.6. The van der Waals surface area contributed by atoms with Gasteiger partial charge >= 0.3 is 5.97 Å². The van der Waals surface area contributed by atoms with Crippen molar-refractivity contribution >= 4 is 5.97 Å². The molecule has 0 bridgehead atoms. The number of carbonyl (C=O) groups is 1. The molecule has 3 heteroatoms. The molecule has 0 aliphatic heterocycles. The SMILES string of the molecule is C=C(C(=O)O)C(C)COc1ccccc1. The van der Waals surface area contributed by atoms with E-state index in [0.717, 1.165) is 5.75 Å². The molecule has 0 aliphatic carbocycles. The van der Waals surface area contributed by atoms with Crippen LogP contribution < -0.4 is 4.74 Å². The molecule has 1 unspecified atom stereocenters. The summed E-state index contributed by atoms with van der Waals surface area (Å²) in [5.74, 6) is -0.426. The van der Waals surface area contributed by atoms with E-state index in [1.165, 1.54) is 0 Å². The lowest BCUT2D eigenvalue weighted by molar-refractivity contribution is -0.133. The first-order valence-corrected chi connectivity index (χ1v) is 4.71. The van der Waals surface area contributed by atoms with Crippen LogP contribution >= 0.6 is 0 Å². The van der Waals surface area contributed by atoms with Gasteiger partial charge in [0.25, 0.3) is 0 Å². The summed E-state index contributed by atoms with van der Waals surface area (Å²) in [6.45, 7) is 5.59. The Morgan fingerprint density at radius 3 is 2.60 bits per heavy atom. The molecule has 3 nitrogen and oxygen atoms in total. The van der Waals surface area contributed by atoms with Crippen molar-refractivity contribution in [3.63, 3.8) is 0 Å². The van der Waals surface area contributed by atoms with Crippen LogP contribution in [0, 0.1) is 5.92 Å². The first-order chi connectivity index (χ1) is 7.11. The molecule has 0 saturated carbocycles. The monoisotopic (exact) mass is 206 g/mol. The fourth-order valence-corrected chi connectivity index (χ4v) is 1.05. The number of para-hydroxylation sites is 1. The number of carboxylic acid groups (broad SMARTS) is 1. The third-order valence-corrected chi connectivity index (χ3v) is 2.11. The second-order valence-corrected chi connectivity index (χ2v) is 3.36. The van der Waals surface area contributed by atoms with Gasteiger partial charge in [0.15, 0.2) is 0 Å². The number of rotatable bonds is 5. The summed E-state index contributed by atoms with van der Waals surface area (Å²) in [5, 5.41) is 8.69. The minimum atomic E-state index is -0.973. The molecule has 0 heterocycles. The van der Waals surface area contributed by atoms with E-state index in [1.54, 1.807) is 6.92 Å². The molecule has 0 amide bonds. The molecule has 0 aliphatic rings. The Balaban J connectivity index is 2.44. The van der Waals surface area contributed by atoms with Crippen LogP contribution in [0.25, 0.3) is 0 Å². The summed E-state index contributed by atoms with van der Waals surface area (Å²) < 4.78 is 5.41. The summed E-state index contributed by atoms with van der Waals surface area (Å²) in [7, 11) is 0. The van der Waals surface area contributed by atoms with E-state index >= 15 is 0 Å². The van der Waals surface area contributed by atoms with Crippen LogP contribution in [0.5, 0.6) is 5.75 Å². The van der Waals surface area contributed by atoms with Crippen molar-refractivity contribution in [2.75, 3.05) is 6.61 Å². The number of benzene rings is 1. The molecule has 0 fully saturated rings. The molecular formula is C12H14O3. The third-order valence-electron chi connectivity index (χ3n) is 2.11. The van der Waals surface area contributed by atoms with Gasteiger partial charge < -0.3 is 9.84 Å². The Bertz CT molecular complexity index is 343. The van der Waals surface area contributed by atoms with Gasteiger partial charge in [0.2, 0.25) is 0 Å². The zero-order chi connectivity index (χ0) is 11.3. The molecule has 1 atom stereocenters. The highest BCUT2D eigenvalue weighted by Gasteiger charge is 2.13. The fraction of sp³-hybridized carbons (Fsp3) is 0.250. The van der Waals surface area contributed by atoms with Gasteiger partial charge in [-0.2, -0.15) is 0 Å². The van der Waals surface area contributed by atoms with Gasteiger partial charge in [0, 0.05) is 11.5 Å². The van der Waals surface area contributed by atoms with Crippen LogP contribution in [0.1, 0.15) is 6.92 Å². The first kappa shape index (κ1) is 11.3. The lowest BCUT2D eigenvalue weighted by Gasteiger charge is -2.12. The van der Waals surface area contributed by atoms with E-state index in [-0.39, 0.29) is 11.5 Å². The van der Waals surface area contributed by atoms with Crippen molar-refractivity contribution in [1.82, 2.24) is 0 Å². The van der Waals surface area contributed by atoms with Gasteiger partial charge in [-0.3, -0.25) is 0 Å². The molecule has 1 rings (SSSR count). The van der Waals surface area contributed by atoms with E-state index in [2.05, 4.69) is 6.58 Å². The summed E-state index contributed by atoms with van der Waals surface area (Å²) in [6.07, 6.45) is 0. The number of ether oxygens (including phenoxy) is 1. The Labute approximate surface area is 89.0 Å². The third kappa shape index (κ3) is 3.46. The number of hydrogen-bond acceptors (Lipinski definition) is 2. The van der Waals surface area contributed by atoms with Gasteiger partial charge in [0.1, 0.15) is 5.75 Å². The summed E-state index contributed by atoms with van der Waals surface area (Å²) in [6, 6.07) is 9.29. The molecule has 80 valence electrons. The second-order valence-electron chi connectivity index (χ2n) is 3.36. The summed E-state index contributed by atoms with van der Waals surface area (Å²) >= 11 is 0. The van der Waals surface area contributed by atoms with E-state index < -0.39 is 5.97 Å². The van der Waals surface area contributed by atoms with Crippen LogP contribution in [-0.2, 0) is 4.79 Å². The van der Waals surface area contributed by atoms with E-state index in [4.69, 9.17) is 9.84 Å². The zero-order valence-electron chi connectivity index (χ0n) is 8.64. The zero-order valence-corrected chi connectivity index (χ0v) is 8.64. The highest BCUT2D eigenvalue weighted by molar-refractivity contribution is 5.86. The molecule has 1 N–H and O–H groups in total. The Morgan fingerprint density at radius 1 is 1.47 bits per heavy atom. The maximum absolute atomic E-state index is 10.6. The quantitative estimate of drug-likeness (QED) is 0.752. The largest absolute Gasteiger partial charge is 0.493 e. The smallest absolute Gasteiger partial charge is 0.331 e. The van der Waals surface area contributed by atoms with Gasteiger partial charge in [-0.25, -0.2) is 4.79 Å². The van der Waals surface area contributed by atoms with E-state index in [9.17, 15) is 4.79 Å². The van der Waals surface area contributed by atoms with Crippen molar-refractivity contribution in [2.24, 2.45) is 5.92 Å². The lowest BCUT2D eigenvalue weighted by Crippen LogP contribution is -2.15. The predicted molar refractivity (Wildman–Crippen MR) is 57.9 cm³/mol. The highest BCUT2D eigenvalue weighted by atomic mass is 16.5. The number of aliphatic carboxylic acids is 1. The molecule has 1 aromatic rings. The van der Waals surface area contributed by atoms with Crippen molar-refractivity contribution < 1.29 is 14.6 Å². The average Bonchev–Trinajstić information content (AvgIpc) is 2.26.